The number of aromatic nitrogens is 2. The minimum atomic E-state index is -0.448. The molecule has 0 fully saturated rings. The van der Waals surface area contributed by atoms with Gasteiger partial charge in [0.15, 0.2) is 11.5 Å². The number of hydrogen-bond donors (Lipinski definition) is 2. The van der Waals surface area contributed by atoms with Gasteiger partial charge in [-0.25, -0.2) is 4.98 Å². The predicted octanol–water partition coefficient (Wildman–Crippen LogP) is 2.87. The van der Waals surface area contributed by atoms with Crippen LogP contribution in [-0.2, 0) is 4.79 Å². The van der Waals surface area contributed by atoms with Crippen LogP contribution in [0, 0.1) is 13.8 Å². The van der Waals surface area contributed by atoms with E-state index < -0.39 is 6.04 Å². The summed E-state index contributed by atoms with van der Waals surface area (Å²) in [5.41, 5.74) is 2.97. The third-order valence-corrected chi connectivity index (χ3v) is 3.15. The summed E-state index contributed by atoms with van der Waals surface area (Å²) in [7, 11) is 0. The zero-order chi connectivity index (χ0) is 15.7. The highest BCUT2D eigenvalue weighted by Gasteiger charge is 2.15. The largest absolute Gasteiger partial charge is 0.441 e. The number of nitrogens with zero attached hydrogens (tertiary/aromatic N) is 2. The van der Waals surface area contributed by atoms with Gasteiger partial charge in [0.25, 0.3) is 0 Å². The van der Waals surface area contributed by atoms with E-state index in [0.29, 0.717) is 17.5 Å². The molecule has 22 heavy (non-hydrogen) atoms. The summed E-state index contributed by atoms with van der Waals surface area (Å²) in [6.45, 7) is 5.34. The summed E-state index contributed by atoms with van der Waals surface area (Å²) in [5, 5.41) is 9.49. The molecule has 1 amide bonds. The van der Waals surface area contributed by atoms with Crippen LogP contribution in [0.1, 0.15) is 18.5 Å². The second-order valence-corrected chi connectivity index (χ2v) is 5.10. The van der Waals surface area contributed by atoms with Crippen molar-refractivity contribution in [2.75, 3.05) is 10.6 Å². The lowest BCUT2D eigenvalue weighted by Gasteiger charge is -2.13. The molecular formula is C15H16N4O3. The smallest absolute Gasteiger partial charge is 0.248 e. The number of rotatable bonds is 4. The van der Waals surface area contributed by atoms with Crippen molar-refractivity contribution in [3.63, 3.8) is 0 Å². The Hall–Kier alpha value is -2.83. The first-order valence-corrected chi connectivity index (χ1v) is 6.89. The van der Waals surface area contributed by atoms with Crippen LogP contribution in [0.15, 0.2) is 33.2 Å². The lowest BCUT2D eigenvalue weighted by Crippen LogP contribution is -2.31. The lowest BCUT2D eigenvalue weighted by atomic mass is 10.2. The molecular weight excluding hydrogens is 284 g/mol. The number of hydrogen-bond acceptors (Lipinski definition) is 6. The quantitative estimate of drug-likeness (QED) is 0.769. The van der Waals surface area contributed by atoms with E-state index in [1.807, 2.05) is 18.2 Å². The molecule has 3 rings (SSSR count). The average Bonchev–Trinajstić information content (AvgIpc) is 3.03. The fourth-order valence-electron chi connectivity index (χ4n) is 2.10. The van der Waals surface area contributed by atoms with E-state index in [9.17, 15) is 4.79 Å². The van der Waals surface area contributed by atoms with Gasteiger partial charge < -0.3 is 14.3 Å². The van der Waals surface area contributed by atoms with Crippen LogP contribution >= 0.6 is 0 Å². The monoisotopic (exact) mass is 300 g/mol. The summed E-state index contributed by atoms with van der Waals surface area (Å²) in [6, 6.07) is 6.72. The number of oxazole rings is 1. The summed E-state index contributed by atoms with van der Waals surface area (Å²) in [4.78, 5) is 16.4. The SMILES string of the molecule is Cc1cc(NC(=O)C(C)Nc2ccc3oc(C)nc3c2)on1. The maximum absolute atomic E-state index is 12.1. The Bertz CT molecular complexity index is 821. The van der Waals surface area contributed by atoms with Crippen molar-refractivity contribution in [1.29, 1.82) is 0 Å². The van der Waals surface area contributed by atoms with Gasteiger partial charge in [-0.05, 0) is 32.0 Å². The fourth-order valence-corrected chi connectivity index (χ4v) is 2.10. The summed E-state index contributed by atoms with van der Waals surface area (Å²) >= 11 is 0. The van der Waals surface area contributed by atoms with Crippen molar-refractivity contribution < 1.29 is 13.7 Å². The van der Waals surface area contributed by atoms with Gasteiger partial charge in [0.1, 0.15) is 11.6 Å². The zero-order valence-corrected chi connectivity index (χ0v) is 12.5. The molecule has 0 radical (unpaired) electrons. The highest BCUT2D eigenvalue weighted by molar-refractivity contribution is 5.95. The number of carbonyl (C=O) groups excluding carboxylic acids is 1. The molecule has 2 aromatic heterocycles. The lowest BCUT2D eigenvalue weighted by molar-refractivity contribution is -0.116. The van der Waals surface area contributed by atoms with Crippen molar-refractivity contribution in [3.8, 4) is 0 Å². The Kier molecular flexibility index (Phi) is 3.54. The number of amides is 1. The Morgan fingerprint density at radius 2 is 2.09 bits per heavy atom. The second-order valence-electron chi connectivity index (χ2n) is 5.10. The zero-order valence-electron chi connectivity index (χ0n) is 12.5. The van der Waals surface area contributed by atoms with Crippen molar-refractivity contribution >= 4 is 28.6 Å². The van der Waals surface area contributed by atoms with Gasteiger partial charge in [-0.3, -0.25) is 10.1 Å². The maximum atomic E-state index is 12.1. The molecule has 0 aliphatic carbocycles. The Balaban J connectivity index is 1.68. The van der Waals surface area contributed by atoms with Crippen molar-refractivity contribution in [1.82, 2.24) is 10.1 Å². The molecule has 7 heteroatoms. The molecule has 0 bridgehead atoms. The number of anilines is 2. The molecule has 1 aromatic carbocycles. The normalized spacial score (nSPS) is 12.3. The first kappa shape index (κ1) is 14.1. The molecule has 0 aliphatic heterocycles. The summed E-state index contributed by atoms with van der Waals surface area (Å²) < 4.78 is 10.4. The highest BCUT2D eigenvalue weighted by atomic mass is 16.5. The third-order valence-electron chi connectivity index (χ3n) is 3.15. The third kappa shape index (κ3) is 2.93. The Morgan fingerprint density at radius 1 is 1.27 bits per heavy atom. The number of carbonyl (C=O) groups is 1. The molecule has 3 aromatic rings. The first-order chi connectivity index (χ1) is 10.5. The van der Waals surface area contributed by atoms with Gasteiger partial charge in [-0.15, -0.1) is 0 Å². The first-order valence-electron chi connectivity index (χ1n) is 6.89. The van der Waals surface area contributed by atoms with E-state index in [1.54, 1.807) is 26.8 Å². The van der Waals surface area contributed by atoms with Crippen LogP contribution in [0.5, 0.6) is 0 Å². The molecule has 7 nitrogen and oxygen atoms in total. The van der Waals surface area contributed by atoms with Crippen LogP contribution in [-0.4, -0.2) is 22.1 Å². The molecule has 0 aliphatic rings. The van der Waals surface area contributed by atoms with E-state index in [2.05, 4.69) is 20.8 Å². The number of fused-ring (bicyclic) bond motifs is 1. The van der Waals surface area contributed by atoms with E-state index in [0.717, 1.165) is 16.8 Å². The van der Waals surface area contributed by atoms with Crippen LogP contribution < -0.4 is 10.6 Å². The van der Waals surface area contributed by atoms with Crippen molar-refractivity contribution in [3.05, 3.63) is 35.9 Å². The van der Waals surface area contributed by atoms with Crippen LogP contribution in [0.3, 0.4) is 0 Å². The molecule has 1 unspecified atom stereocenters. The van der Waals surface area contributed by atoms with Gasteiger partial charge in [0.2, 0.25) is 11.8 Å². The van der Waals surface area contributed by atoms with Crippen LogP contribution in [0.25, 0.3) is 11.1 Å². The maximum Gasteiger partial charge on any atom is 0.248 e. The molecule has 2 N–H and O–H groups in total. The number of benzene rings is 1. The Labute approximate surface area is 126 Å². The Morgan fingerprint density at radius 3 is 2.82 bits per heavy atom. The molecule has 1 atom stereocenters. The van der Waals surface area contributed by atoms with E-state index >= 15 is 0 Å². The topological polar surface area (TPSA) is 93.2 Å². The molecule has 0 saturated carbocycles. The van der Waals surface area contributed by atoms with Crippen LogP contribution in [0.4, 0.5) is 11.6 Å². The van der Waals surface area contributed by atoms with Crippen LogP contribution in [0.2, 0.25) is 0 Å². The molecule has 0 saturated heterocycles. The van der Waals surface area contributed by atoms with Gasteiger partial charge in [0.05, 0.1) is 5.69 Å². The summed E-state index contributed by atoms with van der Waals surface area (Å²) in [6.07, 6.45) is 0. The highest BCUT2D eigenvalue weighted by Crippen LogP contribution is 2.20. The van der Waals surface area contributed by atoms with Gasteiger partial charge in [-0.2, -0.15) is 0 Å². The fraction of sp³-hybridized carbons (Fsp3) is 0.267. The van der Waals surface area contributed by atoms with Gasteiger partial charge in [0, 0.05) is 18.7 Å². The molecule has 2 heterocycles. The van der Waals surface area contributed by atoms with Gasteiger partial charge in [-0.1, -0.05) is 5.16 Å². The van der Waals surface area contributed by atoms with Crippen molar-refractivity contribution in [2.45, 2.75) is 26.8 Å². The standard InChI is InChI=1S/C15H16N4O3/c1-8-6-14(22-19-8)18-15(20)9(2)16-11-4-5-13-12(7-11)17-10(3)21-13/h4-7,9,16H,1-3H3,(H,18,20). The second kappa shape index (κ2) is 5.51. The van der Waals surface area contributed by atoms with E-state index in [1.165, 1.54) is 0 Å². The van der Waals surface area contributed by atoms with Gasteiger partial charge >= 0.3 is 0 Å². The minimum absolute atomic E-state index is 0.215. The molecule has 114 valence electrons. The number of nitrogens with one attached hydrogen (secondary N) is 2. The predicted molar refractivity (Wildman–Crippen MR) is 81.7 cm³/mol. The minimum Gasteiger partial charge on any atom is -0.441 e. The van der Waals surface area contributed by atoms with Crippen molar-refractivity contribution in [2.24, 2.45) is 0 Å². The molecule has 0 spiro atoms. The summed E-state index contributed by atoms with van der Waals surface area (Å²) in [5.74, 6) is 0.727. The average molecular weight is 300 g/mol. The van der Waals surface area contributed by atoms with E-state index in [-0.39, 0.29) is 5.91 Å². The number of aryl methyl sites for hydroxylation is 2. The van der Waals surface area contributed by atoms with E-state index in [4.69, 9.17) is 8.94 Å².